The number of sulfone groups is 1. The molecule has 1 saturated carbocycles. The lowest BCUT2D eigenvalue weighted by molar-refractivity contribution is -0.130. The smallest absolute Gasteiger partial charge is 0.230 e. The minimum Gasteiger partial charge on any atom is -0.352 e. The van der Waals surface area contributed by atoms with Crippen molar-refractivity contribution < 1.29 is 13.2 Å². The van der Waals surface area contributed by atoms with Crippen molar-refractivity contribution in [3.05, 3.63) is 34.9 Å². The summed E-state index contributed by atoms with van der Waals surface area (Å²) in [6.45, 7) is 4.09. The van der Waals surface area contributed by atoms with Gasteiger partial charge in [-0.25, -0.2) is 8.42 Å². The van der Waals surface area contributed by atoms with Crippen LogP contribution in [0.4, 0.5) is 0 Å². The second-order valence-corrected chi connectivity index (χ2v) is 9.11. The Bertz CT molecular complexity index is 684. The second kappa shape index (κ2) is 5.37. The highest BCUT2D eigenvalue weighted by molar-refractivity contribution is 7.91. The van der Waals surface area contributed by atoms with Crippen molar-refractivity contribution in [2.45, 2.75) is 51.0 Å². The fourth-order valence-electron chi connectivity index (χ4n) is 3.66. The minimum atomic E-state index is -2.97. The van der Waals surface area contributed by atoms with E-state index in [1.165, 1.54) is 0 Å². The van der Waals surface area contributed by atoms with Crippen LogP contribution in [0.25, 0.3) is 0 Å². The van der Waals surface area contributed by atoms with E-state index in [1.54, 1.807) is 0 Å². The largest absolute Gasteiger partial charge is 0.352 e. The van der Waals surface area contributed by atoms with Crippen LogP contribution >= 0.6 is 0 Å². The van der Waals surface area contributed by atoms with E-state index in [2.05, 4.69) is 23.5 Å². The molecule has 0 bridgehead atoms. The molecule has 1 heterocycles. The molecule has 1 saturated heterocycles. The molecule has 120 valence electrons. The van der Waals surface area contributed by atoms with Crippen molar-refractivity contribution in [3.63, 3.8) is 0 Å². The van der Waals surface area contributed by atoms with Gasteiger partial charge < -0.3 is 5.32 Å². The van der Waals surface area contributed by atoms with E-state index in [-0.39, 0.29) is 23.5 Å². The average Bonchev–Trinajstić information content (AvgIpc) is 2.65. The van der Waals surface area contributed by atoms with Crippen LogP contribution in [0.15, 0.2) is 18.2 Å². The summed E-state index contributed by atoms with van der Waals surface area (Å²) in [5.41, 5.74) is 2.95. The van der Waals surface area contributed by atoms with Crippen LogP contribution in [0, 0.1) is 13.8 Å². The Kier molecular flexibility index (Phi) is 3.79. The first kappa shape index (κ1) is 15.5. The summed E-state index contributed by atoms with van der Waals surface area (Å²) in [5.74, 6) is 0.279. The molecule has 0 aromatic heterocycles. The van der Waals surface area contributed by atoms with E-state index in [0.29, 0.717) is 6.42 Å². The van der Waals surface area contributed by atoms with Crippen LogP contribution in [0.2, 0.25) is 0 Å². The number of carbonyl (C=O) groups excluding carboxylic acids is 1. The van der Waals surface area contributed by atoms with Gasteiger partial charge in [-0.15, -0.1) is 0 Å². The molecule has 0 radical (unpaired) electrons. The highest BCUT2D eigenvalue weighted by atomic mass is 32.2. The zero-order valence-corrected chi connectivity index (χ0v) is 14.0. The van der Waals surface area contributed by atoms with Crippen LogP contribution in [-0.4, -0.2) is 31.9 Å². The molecule has 3 rings (SSSR count). The molecule has 22 heavy (non-hydrogen) atoms. The van der Waals surface area contributed by atoms with Gasteiger partial charge in [0.15, 0.2) is 9.84 Å². The van der Waals surface area contributed by atoms with Crippen molar-refractivity contribution in [2.75, 3.05) is 11.5 Å². The number of amides is 1. The van der Waals surface area contributed by atoms with E-state index in [9.17, 15) is 13.2 Å². The third-order valence-corrected chi connectivity index (χ3v) is 6.75. The Morgan fingerprint density at radius 2 is 1.82 bits per heavy atom. The molecule has 1 amide bonds. The first-order chi connectivity index (χ1) is 10.3. The number of aryl methyl sites for hydroxylation is 2. The van der Waals surface area contributed by atoms with Gasteiger partial charge in [-0.05, 0) is 38.7 Å². The number of hydrogen-bond acceptors (Lipinski definition) is 3. The maximum absolute atomic E-state index is 12.8. The first-order valence-electron chi connectivity index (χ1n) is 7.91. The zero-order chi connectivity index (χ0) is 16.0. The van der Waals surface area contributed by atoms with Gasteiger partial charge in [-0.3, -0.25) is 4.79 Å². The van der Waals surface area contributed by atoms with Crippen molar-refractivity contribution in [3.8, 4) is 0 Å². The normalized spacial score (nSPS) is 25.5. The van der Waals surface area contributed by atoms with E-state index < -0.39 is 15.3 Å². The van der Waals surface area contributed by atoms with Crippen LogP contribution in [-0.2, 0) is 20.0 Å². The molecule has 2 fully saturated rings. The molecule has 1 aliphatic carbocycles. The van der Waals surface area contributed by atoms with Crippen molar-refractivity contribution >= 4 is 15.7 Å². The highest BCUT2D eigenvalue weighted by Gasteiger charge is 2.46. The summed E-state index contributed by atoms with van der Waals surface area (Å²) >= 11 is 0. The van der Waals surface area contributed by atoms with Crippen molar-refractivity contribution in [2.24, 2.45) is 0 Å². The molecule has 1 aromatic rings. The fraction of sp³-hybridized carbons (Fsp3) is 0.588. The lowest BCUT2D eigenvalue weighted by Gasteiger charge is -2.41. The molecule has 1 aliphatic heterocycles. The van der Waals surface area contributed by atoms with Crippen molar-refractivity contribution in [1.29, 1.82) is 0 Å². The SMILES string of the molecule is Cc1cc(C)cc(C2(C(=O)NC3CCS(=O)(=O)C3)CCC2)c1. The molecule has 5 heteroatoms. The van der Waals surface area contributed by atoms with Gasteiger partial charge in [0.05, 0.1) is 16.9 Å². The molecule has 1 atom stereocenters. The predicted octanol–water partition coefficient (Wildman–Crippen LogP) is 2.03. The molecule has 2 aliphatic rings. The van der Waals surface area contributed by atoms with E-state index >= 15 is 0 Å². The summed E-state index contributed by atoms with van der Waals surface area (Å²) in [5, 5.41) is 3.00. The number of nitrogens with one attached hydrogen (secondary N) is 1. The Labute approximate surface area is 132 Å². The third-order valence-electron chi connectivity index (χ3n) is 4.98. The van der Waals surface area contributed by atoms with Gasteiger partial charge in [0.25, 0.3) is 0 Å². The summed E-state index contributed by atoms with van der Waals surface area (Å²) < 4.78 is 23.1. The summed E-state index contributed by atoms with van der Waals surface area (Å²) in [6, 6.07) is 6.08. The molecular formula is C17H23NO3S. The molecule has 1 aromatic carbocycles. The lowest BCUT2D eigenvalue weighted by atomic mass is 9.63. The van der Waals surface area contributed by atoms with Gasteiger partial charge in [0, 0.05) is 6.04 Å². The number of benzene rings is 1. The van der Waals surface area contributed by atoms with E-state index in [4.69, 9.17) is 0 Å². The highest BCUT2D eigenvalue weighted by Crippen LogP contribution is 2.44. The van der Waals surface area contributed by atoms with Gasteiger partial charge in [0.2, 0.25) is 5.91 Å². The predicted molar refractivity (Wildman–Crippen MR) is 86.6 cm³/mol. The standard InChI is InChI=1S/C17H23NO3S/c1-12-8-13(2)10-14(9-12)17(5-3-6-17)16(19)18-15-4-7-22(20,21)11-15/h8-10,15H,3-7,11H2,1-2H3,(H,18,19). The first-order valence-corrected chi connectivity index (χ1v) is 9.73. The van der Waals surface area contributed by atoms with Crippen LogP contribution in [0.1, 0.15) is 42.4 Å². The Morgan fingerprint density at radius 3 is 2.27 bits per heavy atom. The maximum atomic E-state index is 12.8. The van der Waals surface area contributed by atoms with Gasteiger partial charge >= 0.3 is 0 Å². The molecular weight excluding hydrogens is 298 g/mol. The summed E-state index contributed by atoms with van der Waals surface area (Å²) in [7, 11) is -2.97. The van der Waals surface area contributed by atoms with Crippen LogP contribution < -0.4 is 5.32 Å². The Balaban J connectivity index is 1.82. The second-order valence-electron chi connectivity index (χ2n) is 6.89. The summed E-state index contributed by atoms with van der Waals surface area (Å²) in [6.07, 6.45) is 3.28. The zero-order valence-electron chi connectivity index (χ0n) is 13.2. The van der Waals surface area contributed by atoms with Gasteiger partial charge in [-0.2, -0.15) is 0 Å². The molecule has 1 N–H and O–H groups in total. The Hall–Kier alpha value is -1.36. The van der Waals surface area contributed by atoms with Crippen molar-refractivity contribution in [1.82, 2.24) is 5.32 Å². The average molecular weight is 321 g/mol. The third kappa shape index (κ3) is 2.78. The molecule has 1 unspecified atom stereocenters. The molecule has 0 spiro atoms. The van der Waals surface area contributed by atoms with Gasteiger partial charge in [0.1, 0.15) is 0 Å². The van der Waals surface area contributed by atoms with Crippen LogP contribution in [0.5, 0.6) is 0 Å². The minimum absolute atomic E-state index is 0.00542. The number of hydrogen-bond donors (Lipinski definition) is 1. The summed E-state index contributed by atoms with van der Waals surface area (Å²) in [4.78, 5) is 12.8. The fourth-order valence-corrected chi connectivity index (χ4v) is 5.33. The number of rotatable bonds is 3. The Morgan fingerprint density at radius 1 is 1.18 bits per heavy atom. The lowest BCUT2D eigenvalue weighted by Crippen LogP contribution is -2.52. The monoisotopic (exact) mass is 321 g/mol. The quantitative estimate of drug-likeness (QED) is 0.926. The topological polar surface area (TPSA) is 63.2 Å². The van der Waals surface area contributed by atoms with E-state index in [0.717, 1.165) is 36.0 Å². The molecule has 4 nitrogen and oxygen atoms in total. The van der Waals surface area contributed by atoms with Crippen LogP contribution in [0.3, 0.4) is 0 Å². The van der Waals surface area contributed by atoms with Gasteiger partial charge in [-0.1, -0.05) is 35.7 Å². The number of carbonyl (C=O) groups is 1. The maximum Gasteiger partial charge on any atom is 0.230 e. The van der Waals surface area contributed by atoms with E-state index in [1.807, 2.05) is 13.8 Å².